The van der Waals surface area contributed by atoms with Crippen molar-refractivity contribution in [2.24, 2.45) is 5.92 Å². The van der Waals surface area contributed by atoms with E-state index in [-0.39, 0.29) is 5.92 Å². The van der Waals surface area contributed by atoms with Gasteiger partial charge in [-0.1, -0.05) is 35.8 Å². The SMILES string of the molecule is CC(C)C(O)(c1cccnc1)c1nc2ccc(Br)cc2s1. The van der Waals surface area contributed by atoms with E-state index < -0.39 is 5.60 Å². The Bertz CT molecular complexity index is 772. The van der Waals surface area contributed by atoms with Crippen molar-refractivity contribution in [3.05, 3.63) is 57.8 Å². The van der Waals surface area contributed by atoms with E-state index in [0.717, 1.165) is 20.3 Å². The molecule has 21 heavy (non-hydrogen) atoms. The summed E-state index contributed by atoms with van der Waals surface area (Å²) in [6, 6.07) is 9.69. The molecule has 1 N–H and O–H groups in total. The van der Waals surface area contributed by atoms with Gasteiger partial charge in [0.25, 0.3) is 0 Å². The normalized spacial score (nSPS) is 14.5. The highest BCUT2D eigenvalue weighted by molar-refractivity contribution is 9.10. The van der Waals surface area contributed by atoms with Crippen LogP contribution in [0.1, 0.15) is 24.4 Å². The second-order valence-corrected chi connectivity index (χ2v) is 7.24. The number of rotatable bonds is 3. The zero-order valence-electron chi connectivity index (χ0n) is 11.7. The van der Waals surface area contributed by atoms with Gasteiger partial charge in [0.15, 0.2) is 0 Å². The zero-order valence-corrected chi connectivity index (χ0v) is 14.1. The fourth-order valence-electron chi connectivity index (χ4n) is 2.35. The summed E-state index contributed by atoms with van der Waals surface area (Å²) in [5, 5.41) is 12.0. The van der Waals surface area contributed by atoms with E-state index in [2.05, 4.69) is 25.9 Å². The predicted molar refractivity (Wildman–Crippen MR) is 89.4 cm³/mol. The molecule has 108 valence electrons. The van der Waals surface area contributed by atoms with Crippen LogP contribution >= 0.6 is 27.3 Å². The summed E-state index contributed by atoms with van der Waals surface area (Å²) in [4.78, 5) is 8.78. The van der Waals surface area contributed by atoms with Crippen LogP contribution < -0.4 is 0 Å². The van der Waals surface area contributed by atoms with Crippen molar-refractivity contribution >= 4 is 37.5 Å². The standard InChI is InChI=1S/C16H15BrN2OS/c1-10(2)16(20,11-4-3-7-18-9-11)15-19-13-6-5-12(17)8-14(13)21-15/h3-10,20H,1-2H3. The third-order valence-corrected chi connectivity index (χ3v) is 5.25. The van der Waals surface area contributed by atoms with Crippen molar-refractivity contribution in [3.8, 4) is 0 Å². The molecule has 0 aliphatic carbocycles. The largest absolute Gasteiger partial charge is 0.378 e. The molecule has 0 saturated carbocycles. The molecule has 1 unspecified atom stereocenters. The third kappa shape index (κ3) is 2.50. The van der Waals surface area contributed by atoms with Crippen LogP contribution in [0.4, 0.5) is 0 Å². The van der Waals surface area contributed by atoms with Crippen LogP contribution in [0, 0.1) is 5.92 Å². The van der Waals surface area contributed by atoms with Crippen molar-refractivity contribution in [1.82, 2.24) is 9.97 Å². The molecule has 0 fully saturated rings. The maximum atomic E-state index is 11.3. The van der Waals surface area contributed by atoms with Gasteiger partial charge in [-0.2, -0.15) is 0 Å². The first-order chi connectivity index (χ1) is 10.0. The molecule has 1 aromatic carbocycles. The minimum absolute atomic E-state index is 0.00861. The second-order valence-electron chi connectivity index (χ2n) is 5.29. The van der Waals surface area contributed by atoms with Crippen molar-refractivity contribution in [2.75, 3.05) is 0 Å². The number of aromatic nitrogens is 2. The number of pyridine rings is 1. The molecule has 0 amide bonds. The Morgan fingerprint density at radius 1 is 1.29 bits per heavy atom. The van der Waals surface area contributed by atoms with Crippen LogP contribution in [0.3, 0.4) is 0 Å². The zero-order chi connectivity index (χ0) is 15.0. The molecule has 2 aromatic heterocycles. The Kier molecular flexibility index (Phi) is 3.82. The van der Waals surface area contributed by atoms with Gasteiger partial charge < -0.3 is 5.11 Å². The van der Waals surface area contributed by atoms with Crippen LogP contribution in [-0.2, 0) is 5.60 Å². The second kappa shape index (κ2) is 5.48. The first kappa shape index (κ1) is 14.6. The summed E-state index contributed by atoms with van der Waals surface area (Å²) in [7, 11) is 0. The van der Waals surface area contributed by atoms with E-state index in [0.29, 0.717) is 5.01 Å². The third-order valence-electron chi connectivity index (χ3n) is 3.61. The van der Waals surface area contributed by atoms with E-state index >= 15 is 0 Å². The van der Waals surface area contributed by atoms with Crippen molar-refractivity contribution in [2.45, 2.75) is 19.4 Å². The highest BCUT2D eigenvalue weighted by Crippen LogP contribution is 2.40. The van der Waals surface area contributed by atoms with Crippen LogP contribution in [0.25, 0.3) is 10.2 Å². The molecule has 0 saturated heterocycles. The monoisotopic (exact) mass is 362 g/mol. The molecule has 3 nitrogen and oxygen atoms in total. The van der Waals surface area contributed by atoms with E-state index in [4.69, 9.17) is 0 Å². The van der Waals surface area contributed by atoms with Gasteiger partial charge in [0.05, 0.1) is 10.2 Å². The molecule has 3 rings (SSSR count). The number of thiazole rings is 1. The van der Waals surface area contributed by atoms with E-state index in [9.17, 15) is 5.11 Å². The smallest absolute Gasteiger partial charge is 0.145 e. The average molecular weight is 363 g/mol. The number of aliphatic hydroxyl groups is 1. The maximum absolute atomic E-state index is 11.3. The summed E-state index contributed by atoms with van der Waals surface area (Å²) >= 11 is 5.00. The topological polar surface area (TPSA) is 46.0 Å². The molecular weight excluding hydrogens is 348 g/mol. The van der Waals surface area contributed by atoms with Gasteiger partial charge in [0.2, 0.25) is 0 Å². The molecule has 3 aromatic rings. The minimum atomic E-state index is -1.12. The predicted octanol–water partition coefficient (Wildman–Crippen LogP) is 4.35. The van der Waals surface area contributed by atoms with Crippen LogP contribution in [0.15, 0.2) is 47.2 Å². The maximum Gasteiger partial charge on any atom is 0.145 e. The summed E-state index contributed by atoms with van der Waals surface area (Å²) in [6.45, 7) is 3.99. The molecule has 2 heterocycles. The number of nitrogens with zero attached hydrogens (tertiary/aromatic N) is 2. The van der Waals surface area contributed by atoms with Gasteiger partial charge in [-0.3, -0.25) is 4.98 Å². The van der Waals surface area contributed by atoms with Crippen LogP contribution in [-0.4, -0.2) is 15.1 Å². The average Bonchev–Trinajstić information content (AvgIpc) is 2.90. The molecule has 0 aliphatic heterocycles. The fourth-order valence-corrected chi connectivity index (χ4v) is 4.13. The highest BCUT2D eigenvalue weighted by Gasteiger charge is 2.38. The Labute approximate surface area is 135 Å². The summed E-state index contributed by atoms with van der Waals surface area (Å²) in [6.07, 6.45) is 3.42. The molecule has 0 spiro atoms. The molecular formula is C16H15BrN2OS. The van der Waals surface area contributed by atoms with E-state index in [1.54, 1.807) is 12.4 Å². The van der Waals surface area contributed by atoms with E-state index in [1.165, 1.54) is 11.3 Å². The van der Waals surface area contributed by atoms with Gasteiger partial charge in [0.1, 0.15) is 10.6 Å². The molecule has 0 radical (unpaired) electrons. The number of hydrogen-bond donors (Lipinski definition) is 1. The van der Waals surface area contributed by atoms with Crippen molar-refractivity contribution in [1.29, 1.82) is 0 Å². The van der Waals surface area contributed by atoms with Crippen molar-refractivity contribution in [3.63, 3.8) is 0 Å². The van der Waals surface area contributed by atoms with Crippen LogP contribution in [0.5, 0.6) is 0 Å². The molecule has 0 aliphatic rings. The van der Waals surface area contributed by atoms with Gasteiger partial charge in [0, 0.05) is 22.4 Å². The summed E-state index contributed by atoms with van der Waals surface area (Å²) < 4.78 is 2.07. The first-order valence-corrected chi connectivity index (χ1v) is 8.32. The Balaban J connectivity index is 2.20. The lowest BCUT2D eigenvalue weighted by Gasteiger charge is -2.30. The highest BCUT2D eigenvalue weighted by atomic mass is 79.9. The number of benzene rings is 1. The van der Waals surface area contributed by atoms with E-state index in [1.807, 2.05) is 44.2 Å². The summed E-state index contributed by atoms with van der Waals surface area (Å²) in [5.41, 5.74) is 0.559. The van der Waals surface area contributed by atoms with Gasteiger partial charge >= 0.3 is 0 Å². The number of halogens is 1. The minimum Gasteiger partial charge on any atom is -0.378 e. The Hall–Kier alpha value is -1.30. The Morgan fingerprint density at radius 2 is 2.10 bits per heavy atom. The fraction of sp³-hybridized carbons (Fsp3) is 0.250. The molecule has 0 bridgehead atoms. The number of fused-ring (bicyclic) bond motifs is 1. The lowest BCUT2D eigenvalue weighted by molar-refractivity contribution is 0.0314. The quantitative estimate of drug-likeness (QED) is 0.753. The summed E-state index contributed by atoms with van der Waals surface area (Å²) in [5.74, 6) is -0.00861. The van der Waals surface area contributed by atoms with Gasteiger partial charge in [-0.05, 0) is 30.2 Å². The lowest BCUT2D eigenvalue weighted by Crippen LogP contribution is -2.33. The number of hydrogen-bond acceptors (Lipinski definition) is 4. The molecule has 5 heteroatoms. The molecule has 1 atom stereocenters. The van der Waals surface area contributed by atoms with Crippen LogP contribution in [0.2, 0.25) is 0 Å². The van der Waals surface area contributed by atoms with Crippen molar-refractivity contribution < 1.29 is 5.11 Å². The first-order valence-electron chi connectivity index (χ1n) is 6.71. The Morgan fingerprint density at radius 3 is 2.76 bits per heavy atom. The van der Waals surface area contributed by atoms with Gasteiger partial charge in [-0.25, -0.2) is 4.98 Å². The lowest BCUT2D eigenvalue weighted by atomic mass is 9.85. The van der Waals surface area contributed by atoms with Gasteiger partial charge in [-0.15, -0.1) is 11.3 Å².